The van der Waals surface area contributed by atoms with Crippen LogP contribution in [0.2, 0.25) is 0 Å². The Hall–Kier alpha value is -0.320. The van der Waals surface area contributed by atoms with Crippen LogP contribution in [0, 0.1) is 5.41 Å². The number of nitrogens with zero attached hydrogens (tertiary/aromatic N) is 1. The van der Waals surface area contributed by atoms with E-state index in [0.29, 0.717) is 18.6 Å². The van der Waals surface area contributed by atoms with Gasteiger partial charge in [-0.05, 0) is 38.6 Å². The van der Waals surface area contributed by atoms with Crippen molar-refractivity contribution in [2.75, 3.05) is 33.9 Å². The molecule has 1 heterocycles. The summed E-state index contributed by atoms with van der Waals surface area (Å²) in [6.45, 7) is 2.44. The molecular weight excluding hydrogens is 252 g/mol. The van der Waals surface area contributed by atoms with Gasteiger partial charge in [0, 0.05) is 33.4 Å². The Morgan fingerprint density at radius 3 is 2.67 bits per heavy atom. The maximum atomic E-state index is 12.6. The first-order valence-corrected chi connectivity index (χ1v) is 6.66. The summed E-state index contributed by atoms with van der Waals surface area (Å²) in [6.07, 6.45) is 5.41. The molecule has 0 aromatic carbocycles. The lowest BCUT2D eigenvalue weighted by Gasteiger charge is -2.40. The summed E-state index contributed by atoms with van der Waals surface area (Å²) in [5, 5.41) is 3.33. The molecule has 1 amide bonds. The highest BCUT2D eigenvalue weighted by atomic mass is 35.5. The number of carbonyl (C=O) groups is 1. The lowest BCUT2D eigenvalue weighted by atomic mass is 9.80. The first-order chi connectivity index (χ1) is 8.19. The molecule has 0 spiro atoms. The summed E-state index contributed by atoms with van der Waals surface area (Å²) in [6, 6.07) is 0.488. The fourth-order valence-corrected chi connectivity index (χ4v) is 2.86. The minimum atomic E-state index is -0.208. The van der Waals surface area contributed by atoms with Gasteiger partial charge in [-0.1, -0.05) is 0 Å². The van der Waals surface area contributed by atoms with Crippen LogP contribution in [0.25, 0.3) is 0 Å². The third-order valence-electron chi connectivity index (χ3n) is 4.42. The highest BCUT2D eigenvalue weighted by Crippen LogP contribution is 2.35. The Morgan fingerprint density at radius 2 is 2.22 bits per heavy atom. The van der Waals surface area contributed by atoms with E-state index in [0.717, 1.165) is 25.9 Å². The molecule has 4 nitrogen and oxygen atoms in total. The molecule has 1 aliphatic heterocycles. The molecule has 1 atom stereocenters. The zero-order chi connectivity index (χ0) is 12.3. The molecule has 2 aliphatic rings. The Kier molecular flexibility index (Phi) is 5.89. The summed E-state index contributed by atoms with van der Waals surface area (Å²) in [5.41, 5.74) is -0.208. The zero-order valence-corrected chi connectivity index (χ0v) is 12.2. The van der Waals surface area contributed by atoms with Gasteiger partial charge in [-0.3, -0.25) is 4.79 Å². The van der Waals surface area contributed by atoms with Gasteiger partial charge in [0.05, 0.1) is 5.41 Å². The first kappa shape index (κ1) is 15.7. The van der Waals surface area contributed by atoms with Crippen LogP contribution in [0.15, 0.2) is 0 Å². The average Bonchev–Trinajstić information content (AvgIpc) is 2.72. The summed E-state index contributed by atoms with van der Waals surface area (Å²) in [7, 11) is 3.68. The van der Waals surface area contributed by atoms with Crippen molar-refractivity contribution in [3.8, 4) is 0 Å². The SMILES string of the molecule is COCCC1(C(=O)N(C)C2CCC2)CCNC1.Cl. The van der Waals surface area contributed by atoms with E-state index in [9.17, 15) is 4.79 Å². The Morgan fingerprint density at radius 1 is 1.50 bits per heavy atom. The summed E-state index contributed by atoms with van der Waals surface area (Å²) in [4.78, 5) is 14.6. The largest absolute Gasteiger partial charge is 0.385 e. The van der Waals surface area contributed by atoms with Gasteiger partial charge < -0.3 is 15.0 Å². The normalized spacial score (nSPS) is 27.4. The van der Waals surface area contributed by atoms with E-state index >= 15 is 0 Å². The minimum Gasteiger partial charge on any atom is -0.385 e. The van der Waals surface area contributed by atoms with Crippen molar-refractivity contribution in [2.24, 2.45) is 5.41 Å². The van der Waals surface area contributed by atoms with E-state index in [-0.39, 0.29) is 17.8 Å². The second-order valence-corrected chi connectivity index (χ2v) is 5.45. The fraction of sp³-hybridized carbons (Fsp3) is 0.923. The standard InChI is InChI=1S/C13H24N2O2.ClH/c1-15(11-4-3-5-11)12(16)13(7-9-17-2)6-8-14-10-13;/h11,14H,3-10H2,1-2H3;1H. The van der Waals surface area contributed by atoms with E-state index in [4.69, 9.17) is 4.74 Å². The smallest absolute Gasteiger partial charge is 0.230 e. The van der Waals surface area contributed by atoms with E-state index in [1.54, 1.807) is 7.11 Å². The van der Waals surface area contributed by atoms with Gasteiger partial charge >= 0.3 is 0 Å². The van der Waals surface area contributed by atoms with Crippen molar-refractivity contribution in [3.63, 3.8) is 0 Å². The Labute approximate surface area is 116 Å². The number of halogens is 1. The molecule has 1 N–H and O–H groups in total. The van der Waals surface area contributed by atoms with Gasteiger partial charge in [-0.15, -0.1) is 12.4 Å². The van der Waals surface area contributed by atoms with E-state index in [1.807, 2.05) is 11.9 Å². The number of carbonyl (C=O) groups excluding carboxylic acids is 1. The quantitative estimate of drug-likeness (QED) is 0.826. The molecule has 0 bridgehead atoms. The second kappa shape index (κ2) is 6.73. The van der Waals surface area contributed by atoms with Gasteiger partial charge in [0.15, 0.2) is 0 Å². The predicted molar refractivity (Wildman–Crippen MR) is 74.1 cm³/mol. The van der Waals surface area contributed by atoms with Crippen LogP contribution in [0.1, 0.15) is 32.1 Å². The molecule has 0 aromatic heterocycles. The van der Waals surface area contributed by atoms with Gasteiger partial charge in [0.25, 0.3) is 0 Å². The molecule has 1 aliphatic carbocycles. The molecule has 2 fully saturated rings. The van der Waals surface area contributed by atoms with Crippen molar-refractivity contribution in [2.45, 2.75) is 38.1 Å². The minimum absolute atomic E-state index is 0. The van der Waals surface area contributed by atoms with Crippen molar-refractivity contribution >= 4 is 18.3 Å². The van der Waals surface area contributed by atoms with E-state index in [1.165, 1.54) is 19.3 Å². The Balaban J connectivity index is 0.00000162. The van der Waals surface area contributed by atoms with Crippen LogP contribution in [0.3, 0.4) is 0 Å². The molecule has 1 saturated carbocycles. The lowest BCUT2D eigenvalue weighted by Crippen LogP contribution is -2.50. The maximum absolute atomic E-state index is 12.6. The molecule has 0 aromatic rings. The highest BCUT2D eigenvalue weighted by Gasteiger charge is 2.44. The molecule has 2 rings (SSSR count). The number of amides is 1. The number of methoxy groups -OCH3 is 1. The number of rotatable bonds is 5. The molecule has 1 saturated heterocycles. The average molecular weight is 277 g/mol. The summed E-state index contributed by atoms with van der Waals surface area (Å²) >= 11 is 0. The summed E-state index contributed by atoms with van der Waals surface area (Å²) < 4.78 is 5.16. The molecule has 5 heteroatoms. The number of hydrogen-bond acceptors (Lipinski definition) is 3. The predicted octanol–water partition coefficient (Wildman–Crippen LogP) is 1.44. The number of nitrogens with one attached hydrogen (secondary N) is 1. The topological polar surface area (TPSA) is 41.6 Å². The van der Waals surface area contributed by atoms with E-state index in [2.05, 4.69) is 5.32 Å². The Bertz CT molecular complexity index is 276. The van der Waals surface area contributed by atoms with Crippen LogP contribution >= 0.6 is 12.4 Å². The van der Waals surface area contributed by atoms with Gasteiger partial charge in [-0.2, -0.15) is 0 Å². The molecule has 18 heavy (non-hydrogen) atoms. The molecule has 106 valence electrons. The number of hydrogen-bond donors (Lipinski definition) is 1. The van der Waals surface area contributed by atoms with Crippen LogP contribution < -0.4 is 5.32 Å². The van der Waals surface area contributed by atoms with E-state index < -0.39 is 0 Å². The van der Waals surface area contributed by atoms with Crippen molar-refractivity contribution in [3.05, 3.63) is 0 Å². The van der Waals surface area contributed by atoms with Crippen molar-refractivity contribution in [1.29, 1.82) is 0 Å². The number of ether oxygens (including phenoxy) is 1. The molecular formula is C13H25ClN2O2. The van der Waals surface area contributed by atoms with Crippen LogP contribution in [-0.4, -0.2) is 50.7 Å². The van der Waals surface area contributed by atoms with Crippen molar-refractivity contribution < 1.29 is 9.53 Å². The lowest BCUT2D eigenvalue weighted by molar-refractivity contribution is -0.144. The molecule has 1 unspecified atom stereocenters. The summed E-state index contributed by atoms with van der Waals surface area (Å²) in [5.74, 6) is 0.323. The van der Waals surface area contributed by atoms with Crippen LogP contribution in [0.5, 0.6) is 0 Å². The maximum Gasteiger partial charge on any atom is 0.230 e. The third-order valence-corrected chi connectivity index (χ3v) is 4.42. The highest BCUT2D eigenvalue weighted by molar-refractivity contribution is 5.85. The van der Waals surface area contributed by atoms with Gasteiger partial charge in [0.1, 0.15) is 0 Å². The van der Waals surface area contributed by atoms with Gasteiger partial charge in [-0.25, -0.2) is 0 Å². The van der Waals surface area contributed by atoms with Crippen LogP contribution in [0.4, 0.5) is 0 Å². The van der Waals surface area contributed by atoms with Crippen LogP contribution in [-0.2, 0) is 9.53 Å². The second-order valence-electron chi connectivity index (χ2n) is 5.45. The fourth-order valence-electron chi connectivity index (χ4n) is 2.86. The van der Waals surface area contributed by atoms with Gasteiger partial charge in [0.2, 0.25) is 5.91 Å². The third kappa shape index (κ3) is 2.98. The van der Waals surface area contributed by atoms with Crippen molar-refractivity contribution in [1.82, 2.24) is 10.2 Å². The molecule has 0 radical (unpaired) electrons. The monoisotopic (exact) mass is 276 g/mol. The first-order valence-electron chi connectivity index (χ1n) is 6.66. The zero-order valence-electron chi connectivity index (χ0n) is 11.4.